The molecule has 0 aliphatic heterocycles. The van der Waals surface area contributed by atoms with Crippen molar-refractivity contribution in [3.8, 4) is 22.5 Å². The second-order valence-electron chi connectivity index (χ2n) is 10.8. The number of nitrogens with zero attached hydrogens (tertiary/aromatic N) is 2. The van der Waals surface area contributed by atoms with Crippen molar-refractivity contribution in [3.05, 3.63) is 131 Å². The van der Waals surface area contributed by atoms with E-state index >= 15 is 0 Å². The lowest BCUT2D eigenvalue weighted by atomic mass is 10.0. The van der Waals surface area contributed by atoms with Gasteiger partial charge in [-0.05, 0) is 48.2 Å². The van der Waals surface area contributed by atoms with Gasteiger partial charge in [-0.25, -0.2) is 9.97 Å². The van der Waals surface area contributed by atoms with Crippen LogP contribution in [-0.4, -0.2) is 34.9 Å². The van der Waals surface area contributed by atoms with Crippen LogP contribution in [0, 0.1) is 0 Å². The Labute approximate surface area is 257 Å². The number of aromatic nitrogens is 2. The molecule has 0 saturated carbocycles. The normalized spacial score (nSPS) is 11.0. The summed E-state index contributed by atoms with van der Waals surface area (Å²) in [6.45, 7) is 4.79. The highest BCUT2D eigenvalue weighted by Crippen LogP contribution is 2.27. The number of carbonyl (C=O) groups is 2. The molecule has 2 amide bonds. The lowest BCUT2D eigenvalue weighted by molar-refractivity contribution is 0.0929. The summed E-state index contributed by atoms with van der Waals surface area (Å²) in [5, 5.41) is 7.54. The lowest BCUT2D eigenvalue weighted by Gasteiger charge is -2.13. The first kappa shape index (κ1) is 28.7. The molecule has 0 bridgehead atoms. The molecule has 6 rings (SSSR count). The predicted octanol–water partition coefficient (Wildman–Crippen LogP) is 7.40. The SMILES string of the molecule is CCc1ccc(-c2cc(C(=O)NCCNC(=O)c3cc(-c4ccc(CC)cc4)nc4ccccc34)c3ccccc3n2)cc1. The molecule has 6 heteroatoms. The number of aryl methyl sites for hydroxylation is 2. The minimum absolute atomic E-state index is 0.212. The minimum atomic E-state index is -0.212. The predicted molar refractivity (Wildman–Crippen MR) is 178 cm³/mol. The quantitative estimate of drug-likeness (QED) is 0.175. The molecule has 6 nitrogen and oxygen atoms in total. The van der Waals surface area contributed by atoms with Gasteiger partial charge in [0.15, 0.2) is 0 Å². The van der Waals surface area contributed by atoms with E-state index in [4.69, 9.17) is 9.97 Å². The van der Waals surface area contributed by atoms with Gasteiger partial charge in [0.1, 0.15) is 0 Å². The average molecular weight is 579 g/mol. The maximum absolute atomic E-state index is 13.4. The van der Waals surface area contributed by atoms with Gasteiger partial charge < -0.3 is 10.6 Å². The summed E-state index contributed by atoms with van der Waals surface area (Å²) in [7, 11) is 0. The number of amides is 2. The van der Waals surface area contributed by atoms with Crippen molar-refractivity contribution in [2.45, 2.75) is 26.7 Å². The lowest BCUT2D eigenvalue weighted by Crippen LogP contribution is -2.35. The molecule has 218 valence electrons. The molecule has 0 aliphatic carbocycles. The molecule has 44 heavy (non-hydrogen) atoms. The maximum Gasteiger partial charge on any atom is 0.252 e. The van der Waals surface area contributed by atoms with Gasteiger partial charge in [-0.15, -0.1) is 0 Å². The summed E-state index contributed by atoms with van der Waals surface area (Å²) in [6.07, 6.45) is 1.92. The van der Waals surface area contributed by atoms with Crippen molar-refractivity contribution in [2.24, 2.45) is 0 Å². The van der Waals surface area contributed by atoms with Crippen molar-refractivity contribution in [1.29, 1.82) is 0 Å². The monoisotopic (exact) mass is 578 g/mol. The Bertz CT molecular complexity index is 1820. The van der Waals surface area contributed by atoms with E-state index in [9.17, 15) is 9.59 Å². The van der Waals surface area contributed by atoms with Gasteiger partial charge in [0.25, 0.3) is 11.8 Å². The Morgan fingerprint density at radius 3 is 1.32 bits per heavy atom. The number of carbonyl (C=O) groups excluding carboxylic acids is 2. The summed E-state index contributed by atoms with van der Waals surface area (Å²) in [5.74, 6) is -0.423. The third-order valence-corrected chi connectivity index (χ3v) is 7.93. The van der Waals surface area contributed by atoms with Crippen LogP contribution in [0.25, 0.3) is 44.3 Å². The number of hydrogen-bond acceptors (Lipinski definition) is 4. The molecule has 0 spiro atoms. The summed E-state index contributed by atoms with van der Waals surface area (Å²) in [6, 6.07) is 35.5. The van der Waals surface area contributed by atoms with Gasteiger partial charge >= 0.3 is 0 Å². The van der Waals surface area contributed by atoms with Crippen LogP contribution in [0.3, 0.4) is 0 Å². The number of rotatable bonds is 9. The van der Waals surface area contributed by atoms with Crippen molar-refractivity contribution in [2.75, 3.05) is 13.1 Å². The number of nitrogens with one attached hydrogen (secondary N) is 2. The molecule has 2 aromatic heterocycles. The smallest absolute Gasteiger partial charge is 0.252 e. The zero-order chi connectivity index (χ0) is 30.5. The fraction of sp³-hybridized carbons (Fsp3) is 0.158. The molecule has 0 atom stereocenters. The van der Waals surface area contributed by atoms with Crippen molar-refractivity contribution in [1.82, 2.24) is 20.6 Å². The second kappa shape index (κ2) is 12.9. The largest absolute Gasteiger partial charge is 0.350 e. The van der Waals surface area contributed by atoms with Crippen molar-refractivity contribution < 1.29 is 9.59 Å². The molecule has 0 radical (unpaired) electrons. The van der Waals surface area contributed by atoms with Crippen LogP contribution in [0.15, 0.2) is 109 Å². The number of para-hydroxylation sites is 2. The Morgan fingerprint density at radius 2 is 0.932 bits per heavy atom. The third-order valence-electron chi connectivity index (χ3n) is 7.93. The Kier molecular flexibility index (Phi) is 8.41. The topological polar surface area (TPSA) is 84.0 Å². The average Bonchev–Trinajstić information content (AvgIpc) is 3.09. The number of benzene rings is 4. The molecule has 2 heterocycles. The van der Waals surface area contributed by atoms with Gasteiger partial charge in [0.05, 0.1) is 33.5 Å². The van der Waals surface area contributed by atoms with E-state index in [2.05, 4.69) is 48.7 Å². The molecular weight excluding hydrogens is 544 g/mol. The number of fused-ring (bicyclic) bond motifs is 2. The Hall–Kier alpha value is -5.36. The first-order valence-electron chi connectivity index (χ1n) is 15.1. The fourth-order valence-electron chi connectivity index (χ4n) is 5.39. The zero-order valence-corrected chi connectivity index (χ0v) is 24.9. The summed E-state index contributed by atoms with van der Waals surface area (Å²) in [4.78, 5) is 36.5. The number of hydrogen-bond donors (Lipinski definition) is 2. The van der Waals surface area contributed by atoms with Gasteiger partial charge in [0.2, 0.25) is 0 Å². The summed E-state index contributed by atoms with van der Waals surface area (Å²) < 4.78 is 0. The molecule has 0 unspecified atom stereocenters. The standard InChI is InChI=1S/C38H34N4O2/c1-3-25-13-17-27(18-14-25)35-23-31(29-9-5-7-11-33(29)41-35)37(43)39-21-22-40-38(44)32-24-36(28-19-15-26(4-2)16-20-28)42-34-12-8-6-10-30(32)34/h5-20,23-24H,3-4,21-22H2,1-2H3,(H,39,43)(H,40,44). The highest BCUT2D eigenvalue weighted by molar-refractivity contribution is 6.08. The zero-order valence-electron chi connectivity index (χ0n) is 24.9. The van der Waals surface area contributed by atoms with Crippen LogP contribution in [0.4, 0.5) is 0 Å². The molecule has 6 aromatic rings. The highest BCUT2D eigenvalue weighted by atomic mass is 16.2. The molecule has 0 aliphatic rings. The van der Waals surface area contributed by atoms with E-state index in [1.807, 2.05) is 84.9 Å². The van der Waals surface area contributed by atoms with Crippen LogP contribution in [0.2, 0.25) is 0 Å². The first-order valence-corrected chi connectivity index (χ1v) is 15.1. The van der Waals surface area contributed by atoms with Crippen LogP contribution >= 0.6 is 0 Å². The molecule has 4 aromatic carbocycles. The van der Waals surface area contributed by atoms with E-state index < -0.39 is 0 Å². The van der Waals surface area contributed by atoms with E-state index in [0.717, 1.165) is 57.2 Å². The Balaban J connectivity index is 1.18. The van der Waals surface area contributed by atoms with E-state index in [1.165, 1.54) is 11.1 Å². The number of pyridine rings is 2. The molecule has 0 fully saturated rings. The second-order valence-corrected chi connectivity index (χ2v) is 10.8. The van der Waals surface area contributed by atoms with Gasteiger partial charge in [-0.2, -0.15) is 0 Å². The first-order chi connectivity index (χ1) is 21.5. The molecular formula is C38H34N4O2. The van der Waals surface area contributed by atoms with Crippen LogP contribution in [-0.2, 0) is 12.8 Å². The van der Waals surface area contributed by atoms with Gasteiger partial charge in [-0.3, -0.25) is 9.59 Å². The fourth-order valence-corrected chi connectivity index (χ4v) is 5.39. The van der Waals surface area contributed by atoms with Crippen LogP contribution in [0.1, 0.15) is 45.7 Å². The van der Waals surface area contributed by atoms with Crippen molar-refractivity contribution in [3.63, 3.8) is 0 Å². The van der Waals surface area contributed by atoms with Gasteiger partial charge in [-0.1, -0.05) is 98.8 Å². The van der Waals surface area contributed by atoms with Gasteiger partial charge in [0, 0.05) is 35.0 Å². The molecule has 2 N–H and O–H groups in total. The van der Waals surface area contributed by atoms with Crippen LogP contribution < -0.4 is 10.6 Å². The molecule has 0 saturated heterocycles. The highest BCUT2D eigenvalue weighted by Gasteiger charge is 2.16. The van der Waals surface area contributed by atoms with E-state index in [0.29, 0.717) is 11.1 Å². The summed E-state index contributed by atoms with van der Waals surface area (Å²) in [5.41, 5.74) is 8.52. The minimum Gasteiger partial charge on any atom is -0.350 e. The van der Waals surface area contributed by atoms with E-state index in [-0.39, 0.29) is 24.9 Å². The maximum atomic E-state index is 13.4. The Morgan fingerprint density at radius 1 is 0.545 bits per heavy atom. The van der Waals surface area contributed by atoms with Crippen LogP contribution in [0.5, 0.6) is 0 Å². The van der Waals surface area contributed by atoms with Crippen molar-refractivity contribution >= 4 is 33.6 Å². The third kappa shape index (κ3) is 6.06. The van der Waals surface area contributed by atoms with E-state index in [1.54, 1.807) is 0 Å². The summed E-state index contributed by atoms with van der Waals surface area (Å²) >= 11 is 0.